The summed E-state index contributed by atoms with van der Waals surface area (Å²) in [6, 6.07) is 1.48. The van der Waals surface area contributed by atoms with Crippen molar-refractivity contribution in [2.45, 2.75) is 39.7 Å². The van der Waals surface area contributed by atoms with Gasteiger partial charge >= 0.3 is 0 Å². The predicted molar refractivity (Wildman–Crippen MR) is 80.1 cm³/mol. The molecular weight excluding hydrogens is 308 g/mol. The summed E-state index contributed by atoms with van der Waals surface area (Å²) in [7, 11) is 1.79. The summed E-state index contributed by atoms with van der Waals surface area (Å²) in [5, 5.41) is 3.12. The van der Waals surface area contributed by atoms with E-state index in [4.69, 9.17) is 0 Å². The van der Waals surface area contributed by atoms with Gasteiger partial charge in [0.05, 0.1) is 0 Å². The molecule has 1 atom stereocenters. The molecule has 1 heterocycles. The lowest BCUT2D eigenvalue weighted by Gasteiger charge is -2.21. The largest absolute Gasteiger partial charge is 0.358 e. The Hall–Kier alpha value is -1.17. The Morgan fingerprint density at radius 2 is 2.16 bits per heavy atom. The minimum atomic E-state index is -0.304. The van der Waals surface area contributed by atoms with Crippen LogP contribution in [0.15, 0.2) is 10.7 Å². The Morgan fingerprint density at radius 3 is 2.74 bits per heavy atom. The number of anilines is 1. The first kappa shape index (κ1) is 15.9. The number of likely N-dealkylation sites (N-methyl/N-ethyl adjacent to an activating group) is 1. The van der Waals surface area contributed by atoms with Gasteiger partial charge in [-0.05, 0) is 36.2 Å². The molecule has 106 valence electrons. The van der Waals surface area contributed by atoms with E-state index in [2.05, 4.69) is 38.1 Å². The molecule has 0 saturated heterocycles. The third-order valence-electron chi connectivity index (χ3n) is 2.80. The van der Waals surface area contributed by atoms with E-state index in [0.717, 1.165) is 23.3 Å². The highest BCUT2D eigenvalue weighted by Crippen LogP contribution is 2.14. The third-order valence-corrected chi connectivity index (χ3v) is 3.21. The summed E-state index contributed by atoms with van der Waals surface area (Å²) in [4.78, 5) is 22.4. The fourth-order valence-corrected chi connectivity index (χ4v) is 2.07. The lowest BCUT2D eigenvalue weighted by atomic mass is 10.3. The maximum absolute atomic E-state index is 12.0. The summed E-state index contributed by atoms with van der Waals surface area (Å²) in [6.45, 7) is 6.56. The van der Waals surface area contributed by atoms with E-state index in [-0.39, 0.29) is 11.9 Å². The third kappa shape index (κ3) is 4.78. The fraction of sp³-hybridized carbons (Fsp3) is 0.615. The molecular formula is C13H21BrN4O. The molecule has 1 rings (SSSR count). The van der Waals surface area contributed by atoms with Gasteiger partial charge in [0, 0.05) is 26.1 Å². The van der Waals surface area contributed by atoms with Crippen LogP contribution >= 0.6 is 15.9 Å². The number of hydrogen-bond donors (Lipinski definition) is 1. The quantitative estimate of drug-likeness (QED) is 0.815. The molecule has 0 fully saturated rings. The van der Waals surface area contributed by atoms with Crippen molar-refractivity contribution >= 4 is 27.7 Å². The Morgan fingerprint density at radius 1 is 1.47 bits per heavy atom. The van der Waals surface area contributed by atoms with E-state index >= 15 is 0 Å². The number of carbonyl (C=O) groups excluding carboxylic acids is 1. The SMILES string of the molecule is CCCc1nc(Br)cc(NC(C)C(=O)N(C)CC)n1. The fourth-order valence-electron chi connectivity index (χ4n) is 1.64. The lowest BCUT2D eigenvalue weighted by molar-refractivity contribution is -0.130. The molecule has 6 heteroatoms. The minimum Gasteiger partial charge on any atom is -0.358 e. The Kier molecular flexibility index (Phi) is 6.21. The average Bonchev–Trinajstić information content (AvgIpc) is 2.36. The van der Waals surface area contributed by atoms with Gasteiger partial charge < -0.3 is 10.2 Å². The molecule has 1 N–H and O–H groups in total. The van der Waals surface area contributed by atoms with E-state index in [9.17, 15) is 4.79 Å². The van der Waals surface area contributed by atoms with Crippen molar-refractivity contribution in [3.05, 3.63) is 16.5 Å². The van der Waals surface area contributed by atoms with Crippen LogP contribution in [-0.4, -0.2) is 40.4 Å². The zero-order chi connectivity index (χ0) is 14.4. The van der Waals surface area contributed by atoms with Crippen molar-refractivity contribution in [2.75, 3.05) is 18.9 Å². The van der Waals surface area contributed by atoms with Gasteiger partial charge in [0.2, 0.25) is 5.91 Å². The van der Waals surface area contributed by atoms with Crippen LogP contribution in [0.3, 0.4) is 0 Å². The minimum absolute atomic E-state index is 0.0503. The Labute approximate surface area is 122 Å². The standard InChI is InChI=1S/C13H21BrN4O/c1-5-7-11-16-10(14)8-12(17-11)15-9(3)13(19)18(4)6-2/h8-9H,5-7H2,1-4H3,(H,15,16,17). The average molecular weight is 329 g/mol. The molecule has 0 aromatic carbocycles. The van der Waals surface area contributed by atoms with Gasteiger partial charge in [-0.15, -0.1) is 0 Å². The van der Waals surface area contributed by atoms with Gasteiger partial charge in [0.15, 0.2) is 0 Å². The molecule has 0 aliphatic rings. The highest BCUT2D eigenvalue weighted by Gasteiger charge is 2.17. The highest BCUT2D eigenvalue weighted by atomic mass is 79.9. The van der Waals surface area contributed by atoms with Crippen LogP contribution < -0.4 is 5.32 Å². The maximum atomic E-state index is 12.0. The second-order valence-corrected chi connectivity index (χ2v) is 5.27. The molecule has 1 aromatic rings. The molecule has 0 saturated carbocycles. The molecule has 1 amide bonds. The van der Waals surface area contributed by atoms with Crippen molar-refractivity contribution in [2.24, 2.45) is 0 Å². The van der Waals surface area contributed by atoms with Crippen LogP contribution in [-0.2, 0) is 11.2 Å². The lowest BCUT2D eigenvalue weighted by Crippen LogP contribution is -2.39. The number of hydrogen-bond acceptors (Lipinski definition) is 4. The zero-order valence-electron chi connectivity index (χ0n) is 11.9. The number of nitrogens with one attached hydrogen (secondary N) is 1. The molecule has 0 spiro atoms. The molecule has 0 aliphatic carbocycles. The van der Waals surface area contributed by atoms with Crippen LogP contribution in [0, 0.1) is 0 Å². The van der Waals surface area contributed by atoms with Gasteiger partial charge in [-0.3, -0.25) is 4.79 Å². The number of rotatable bonds is 6. The van der Waals surface area contributed by atoms with E-state index in [1.807, 2.05) is 13.8 Å². The second kappa shape index (κ2) is 7.43. The predicted octanol–water partition coefficient (Wildman–Crippen LogP) is 2.47. The summed E-state index contributed by atoms with van der Waals surface area (Å²) < 4.78 is 0.733. The molecule has 19 heavy (non-hydrogen) atoms. The van der Waals surface area contributed by atoms with Crippen molar-refractivity contribution in [3.8, 4) is 0 Å². The molecule has 0 aliphatic heterocycles. The van der Waals surface area contributed by atoms with Crippen LogP contribution in [0.1, 0.15) is 33.0 Å². The van der Waals surface area contributed by atoms with Gasteiger partial charge in [0.1, 0.15) is 22.3 Å². The number of amides is 1. The first-order chi connectivity index (χ1) is 8.97. The van der Waals surface area contributed by atoms with Gasteiger partial charge in [-0.25, -0.2) is 9.97 Å². The summed E-state index contributed by atoms with van der Waals surface area (Å²) in [6.07, 6.45) is 1.81. The van der Waals surface area contributed by atoms with Crippen molar-refractivity contribution in [1.82, 2.24) is 14.9 Å². The van der Waals surface area contributed by atoms with Gasteiger partial charge in [0.25, 0.3) is 0 Å². The Bertz CT molecular complexity index is 439. The van der Waals surface area contributed by atoms with Gasteiger partial charge in [-0.2, -0.15) is 0 Å². The van der Waals surface area contributed by atoms with E-state index in [0.29, 0.717) is 12.4 Å². The normalized spacial score (nSPS) is 12.1. The maximum Gasteiger partial charge on any atom is 0.244 e. The summed E-state index contributed by atoms with van der Waals surface area (Å²) >= 11 is 3.37. The number of aryl methyl sites for hydroxylation is 1. The first-order valence-electron chi connectivity index (χ1n) is 6.52. The van der Waals surface area contributed by atoms with E-state index in [1.165, 1.54) is 0 Å². The number of halogens is 1. The van der Waals surface area contributed by atoms with Crippen LogP contribution in [0.4, 0.5) is 5.82 Å². The monoisotopic (exact) mass is 328 g/mol. The molecule has 1 unspecified atom stereocenters. The molecule has 0 radical (unpaired) electrons. The highest BCUT2D eigenvalue weighted by molar-refractivity contribution is 9.10. The van der Waals surface area contributed by atoms with E-state index < -0.39 is 0 Å². The van der Waals surface area contributed by atoms with Crippen LogP contribution in [0.5, 0.6) is 0 Å². The second-order valence-electron chi connectivity index (χ2n) is 4.46. The number of nitrogens with zero attached hydrogens (tertiary/aromatic N) is 3. The van der Waals surface area contributed by atoms with Crippen LogP contribution in [0.2, 0.25) is 0 Å². The van der Waals surface area contributed by atoms with Crippen molar-refractivity contribution in [3.63, 3.8) is 0 Å². The molecule has 5 nitrogen and oxygen atoms in total. The summed E-state index contributed by atoms with van der Waals surface area (Å²) in [5.41, 5.74) is 0. The topological polar surface area (TPSA) is 58.1 Å². The smallest absolute Gasteiger partial charge is 0.244 e. The van der Waals surface area contributed by atoms with Crippen LogP contribution in [0.25, 0.3) is 0 Å². The Balaban J connectivity index is 2.78. The van der Waals surface area contributed by atoms with Crippen molar-refractivity contribution < 1.29 is 4.79 Å². The molecule has 0 bridgehead atoms. The van der Waals surface area contributed by atoms with E-state index in [1.54, 1.807) is 18.0 Å². The summed E-state index contributed by atoms with van der Waals surface area (Å²) in [5.74, 6) is 1.51. The van der Waals surface area contributed by atoms with Gasteiger partial charge in [-0.1, -0.05) is 6.92 Å². The number of aromatic nitrogens is 2. The van der Waals surface area contributed by atoms with Crippen molar-refractivity contribution in [1.29, 1.82) is 0 Å². The first-order valence-corrected chi connectivity index (χ1v) is 7.32. The molecule has 1 aromatic heterocycles. The zero-order valence-corrected chi connectivity index (χ0v) is 13.5. The number of carbonyl (C=O) groups is 1.